The molecule has 1 spiro atoms. The Balaban J connectivity index is 0.000000239. The zero-order chi connectivity index (χ0) is 37.2. The normalized spacial score (nSPS) is 14.1. The van der Waals surface area contributed by atoms with Crippen molar-refractivity contribution >= 4 is 51.0 Å². The summed E-state index contributed by atoms with van der Waals surface area (Å²) in [5, 5.41) is 10.9. The first-order valence-corrected chi connectivity index (χ1v) is 18.1. The third kappa shape index (κ3) is 9.80. The number of hydrogen-bond donors (Lipinski definition) is 3. The smallest absolute Gasteiger partial charge is 0.410 e. The van der Waals surface area contributed by atoms with Crippen LogP contribution in [0.15, 0.2) is 103 Å². The first kappa shape index (κ1) is 38.3. The van der Waals surface area contributed by atoms with Crippen molar-refractivity contribution in [2.75, 3.05) is 34.6 Å². The molecule has 0 unspecified atom stereocenters. The van der Waals surface area contributed by atoms with Gasteiger partial charge in [-0.05, 0) is 99.0 Å². The minimum Gasteiger partial charge on any atom is -0.410 e. The minimum absolute atomic E-state index is 0.0154. The predicted molar refractivity (Wildman–Crippen MR) is 199 cm³/mol. The lowest BCUT2D eigenvalue weighted by molar-refractivity contribution is 0.100. The maximum Gasteiger partial charge on any atom is 0.417 e. The zero-order valence-electron chi connectivity index (χ0n) is 29.1. The highest BCUT2D eigenvalue weighted by Crippen LogP contribution is 2.47. The standard InChI is InChI=1S/C21H24N4O4S.C15H13NO3.C2H6/c1-15(26)16-6-8-17(9-7-16)23-20(27)24-12-10-21(11-13-24)14-25(30(22,28)29)19-5-3-2-4-18(19)21;1-11(17)12-7-9-13(10-8-12)16-15(18)19-14-5-3-2-4-6-14;1-2/h2-9H,10-14H2,1H3,(H,23,27)(H2,22,28,29);2-10H,1H3,(H,16,18);1-2H3. The summed E-state index contributed by atoms with van der Waals surface area (Å²) in [6, 6.07) is 29.4. The lowest BCUT2D eigenvalue weighted by atomic mass is 9.74. The van der Waals surface area contributed by atoms with Crippen molar-refractivity contribution in [3.05, 3.63) is 120 Å². The molecular weight excluding hydrogens is 671 g/mol. The van der Waals surface area contributed by atoms with Crippen LogP contribution in [0, 0.1) is 0 Å². The Kier molecular flexibility index (Phi) is 12.7. The lowest BCUT2D eigenvalue weighted by Gasteiger charge is -2.39. The van der Waals surface area contributed by atoms with E-state index in [9.17, 15) is 27.6 Å². The molecular formula is C38H43N5O7S. The highest BCUT2D eigenvalue weighted by molar-refractivity contribution is 7.90. The van der Waals surface area contributed by atoms with Crippen molar-refractivity contribution in [2.24, 2.45) is 5.14 Å². The van der Waals surface area contributed by atoms with Crippen molar-refractivity contribution < 1.29 is 32.3 Å². The molecule has 51 heavy (non-hydrogen) atoms. The average Bonchev–Trinajstić information content (AvgIpc) is 3.45. The van der Waals surface area contributed by atoms with Crippen molar-refractivity contribution in [2.45, 2.75) is 46.0 Å². The van der Waals surface area contributed by atoms with Crippen LogP contribution in [0.5, 0.6) is 5.75 Å². The highest BCUT2D eigenvalue weighted by Gasteiger charge is 2.47. The number of amides is 3. The monoisotopic (exact) mass is 713 g/mol. The van der Waals surface area contributed by atoms with Gasteiger partial charge in [-0.3, -0.25) is 19.2 Å². The van der Waals surface area contributed by atoms with Crippen molar-refractivity contribution in [1.82, 2.24) is 4.90 Å². The summed E-state index contributed by atoms with van der Waals surface area (Å²) in [5.41, 5.74) is 3.64. The first-order chi connectivity index (χ1) is 24.3. The van der Waals surface area contributed by atoms with E-state index in [1.165, 1.54) is 18.2 Å². The molecule has 4 aromatic rings. The quantitative estimate of drug-likeness (QED) is 0.181. The number of rotatable bonds is 6. The highest BCUT2D eigenvalue weighted by atomic mass is 32.2. The Morgan fingerprint density at radius 1 is 0.706 bits per heavy atom. The van der Waals surface area contributed by atoms with E-state index in [4.69, 9.17) is 9.88 Å². The van der Waals surface area contributed by atoms with Gasteiger partial charge >= 0.3 is 12.1 Å². The number of likely N-dealkylation sites (tertiary alicyclic amines) is 1. The molecule has 3 amide bonds. The molecule has 0 aromatic heterocycles. The summed E-state index contributed by atoms with van der Waals surface area (Å²) < 4.78 is 30.5. The van der Waals surface area contributed by atoms with Gasteiger partial charge in [-0.25, -0.2) is 14.7 Å². The third-order valence-electron chi connectivity index (χ3n) is 8.54. The number of hydrogen-bond acceptors (Lipinski definition) is 7. The number of carbonyl (C=O) groups is 4. The summed E-state index contributed by atoms with van der Waals surface area (Å²) in [7, 11) is -3.86. The number of carbonyl (C=O) groups excluding carboxylic acids is 4. The lowest BCUT2D eigenvalue weighted by Crippen LogP contribution is -2.49. The van der Waals surface area contributed by atoms with E-state index >= 15 is 0 Å². The number of fused-ring (bicyclic) bond motifs is 2. The summed E-state index contributed by atoms with van der Waals surface area (Å²) in [6.07, 6.45) is 0.723. The number of anilines is 3. The molecule has 12 nitrogen and oxygen atoms in total. The topological polar surface area (TPSA) is 168 Å². The Morgan fingerprint density at radius 2 is 1.20 bits per heavy atom. The minimum atomic E-state index is -3.86. The van der Waals surface area contributed by atoms with Crippen LogP contribution >= 0.6 is 0 Å². The largest absolute Gasteiger partial charge is 0.417 e. The molecule has 0 bridgehead atoms. The van der Waals surface area contributed by atoms with Gasteiger partial charge in [0.15, 0.2) is 11.6 Å². The van der Waals surface area contributed by atoms with E-state index in [1.807, 2.05) is 32.0 Å². The van der Waals surface area contributed by atoms with Crippen LogP contribution in [0.3, 0.4) is 0 Å². The summed E-state index contributed by atoms with van der Waals surface area (Å²) in [4.78, 5) is 48.5. The fourth-order valence-corrected chi connectivity index (χ4v) is 6.76. The molecule has 2 aliphatic rings. The van der Waals surface area contributed by atoms with Crippen LogP contribution in [0.25, 0.3) is 0 Å². The van der Waals surface area contributed by atoms with E-state index in [0.29, 0.717) is 66.4 Å². The Hall–Kier alpha value is -5.53. The first-order valence-electron chi connectivity index (χ1n) is 16.6. The van der Waals surface area contributed by atoms with Crippen LogP contribution in [-0.2, 0) is 15.6 Å². The number of para-hydroxylation sites is 2. The van der Waals surface area contributed by atoms with Crippen LogP contribution < -0.4 is 24.8 Å². The van der Waals surface area contributed by atoms with Gasteiger partial charge in [0.2, 0.25) is 0 Å². The molecule has 0 saturated carbocycles. The number of nitrogens with one attached hydrogen (secondary N) is 2. The van der Waals surface area contributed by atoms with Gasteiger partial charge in [-0.15, -0.1) is 0 Å². The Bertz CT molecular complexity index is 1940. The predicted octanol–water partition coefficient (Wildman–Crippen LogP) is 7.00. The van der Waals surface area contributed by atoms with Gasteiger partial charge in [0, 0.05) is 47.6 Å². The number of ketones is 2. The summed E-state index contributed by atoms with van der Waals surface area (Å²) >= 11 is 0. The molecule has 268 valence electrons. The second-order valence-corrected chi connectivity index (χ2v) is 13.3. The number of ether oxygens (including phenoxy) is 1. The molecule has 4 N–H and O–H groups in total. The van der Waals surface area contributed by atoms with Crippen LogP contribution in [0.2, 0.25) is 0 Å². The Morgan fingerprint density at radius 3 is 1.71 bits per heavy atom. The van der Waals surface area contributed by atoms with Gasteiger partial charge in [0.1, 0.15) is 5.75 Å². The second-order valence-electron chi connectivity index (χ2n) is 11.9. The SMILES string of the molecule is CC.CC(=O)c1ccc(NC(=O)N2CCC3(CC2)CN(S(N)(=O)=O)c2ccccc23)cc1.CC(=O)c1ccc(NC(=O)Oc2ccccc2)cc1. The molecule has 1 saturated heterocycles. The molecule has 13 heteroatoms. The molecule has 1 fully saturated rings. The van der Waals surface area contributed by atoms with Gasteiger partial charge in [-0.1, -0.05) is 50.2 Å². The van der Waals surface area contributed by atoms with Gasteiger partial charge in [-0.2, -0.15) is 8.42 Å². The van der Waals surface area contributed by atoms with E-state index < -0.39 is 16.3 Å². The summed E-state index contributed by atoms with van der Waals surface area (Å²) in [5.74, 6) is 0.429. The number of benzene rings is 4. The third-order valence-corrected chi connectivity index (χ3v) is 9.48. The number of urea groups is 1. The fourth-order valence-electron chi connectivity index (χ4n) is 5.90. The van der Waals surface area contributed by atoms with Crippen molar-refractivity contribution in [3.63, 3.8) is 0 Å². The van der Waals surface area contributed by atoms with Crippen LogP contribution in [0.4, 0.5) is 26.7 Å². The number of piperidine rings is 1. The Labute approximate surface area is 298 Å². The maximum absolute atomic E-state index is 12.7. The zero-order valence-corrected chi connectivity index (χ0v) is 29.9. The van der Waals surface area contributed by atoms with E-state index in [1.54, 1.807) is 89.8 Å². The molecule has 0 atom stereocenters. The molecule has 2 heterocycles. The van der Waals surface area contributed by atoms with Gasteiger partial charge in [0.25, 0.3) is 10.2 Å². The number of Topliss-reactive ketones (excluding diaryl/α,β-unsaturated/α-hetero) is 2. The van der Waals surface area contributed by atoms with Gasteiger partial charge in [0.05, 0.1) is 5.69 Å². The number of nitrogens with two attached hydrogens (primary N) is 1. The number of nitrogens with zero attached hydrogens (tertiary/aromatic N) is 2. The molecule has 4 aromatic carbocycles. The maximum atomic E-state index is 12.7. The average molecular weight is 714 g/mol. The van der Waals surface area contributed by atoms with Crippen LogP contribution in [0.1, 0.15) is 66.8 Å². The fraction of sp³-hybridized carbons (Fsp3) is 0.263. The molecule has 2 aliphatic heterocycles. The summed E-state index contributed by atoms with van der Waals surface area (Å²) in [6.45, 7) is 8.29. The second kappa shape index (κ2) is 16.9. The van der Waals surface area contributed by atoms with E-state index in [2.05, 4.69) is 10.6 Å². The van der Waals surface area contributed by atoms with Gasteiger partial charge < -0.3 is 15.0 Å². The molecule has 6 rings (SSSR count). The van der Waals surface area contributed by atoms with Crippen molar-refractivity contribution in [3.8, 4) is 5.75 Å². The van der Waals surface area contributed by atoms with E-state index in [-0.39, 0.29) is 23.0 Å². The van der Waals surface area contributed by atoms with Crippen LogP contribution in [-0.4, -0.2) is 56.6 Å². The molecule has 0 aliphatic carbocycles. The molecule has 0 radical (unpaired) electrons. The van der Waals surface area contributed by atoms with E-state index in [0.717, 1.165) is 5.56 Å². The van der Waals surface area contributed by atoms with Crippen molar-refractivity contribution in [1.29, 1.82) is 0 Å².